The van der Waals surface area contributed by atoms with E-state index >= 15 is 0 Å². The van der Waals surface area contributed by atoms with E-state index in [1.165, 1.54) is 6.42 Å². The topological polar surface area (TPSA) is 58.6 Å². The first kappa shape index (κ1) is 20.9. The fraction of sp³-hybridized carbons (Fsp3) is 0.417. The minimum atomic E-state index is -0.223. The van der Waals surface area contributed by atoms with Crippen molar-refractivity contribution in [3.05, 3.63) is 59.7 Å². The van der Waals surface area contributed by atoms with Gasteiger partial charge in [0.25, 0.3) is 11.8 Å². The number of para-hydroxylation sites is 1. The standard InChI is InChI=1S/C24H30N2O3/c1-3-18(2)21-9-5-6-10-22(21)29-17-23(27)25-20-13-11-19(12-14-20)24(28)26-15-7-4-8-16-26/h5-6,9-14,18H,3-4,7-8,15-17H2,1-2H3,(H,25,27). The van der Waals surface area contributed by atoms with E-state index in [9.17, 15) is 9.59 Å². The molecular formula is C24H30N2O3. The number of carbonyl (C=O) groups excluding carboxylic acids is 2. The molecule has 2 aromatic rings. The number of piperidine rings is 1. The second-order valence-corrected chi connectivity index (χ2v) is 7.61. The number of hydrogen-bond acceptors (Lipinski definition) is 3. The van der Waals surface area contributed by atoms with Crippen LogP contribution in [-0.4, -0.2) is 36.4 Å². The predicted molar refractivity (Wildman–Crippen MR) is 115 cm³/mol. The molecule has 154 valence electrons. The van der Waals surface area contributed by atoms with E-state index in [1.807, 2.05) is 29.2 Å². The van der Waals surface area contributed by atoms with Gasteiger partial charge in [-0.05, 0) is 67.5 Å². The van der Waals surface area contributed by atoms with Crippen molar-refractivity contribution in [2.75, 3.05) is 25.0 Å². The molecule has 1 unspecified atom stereocenters. The molecule has 1 atom stereocenters. The van der Waals surface area contributed by atoms with Gasteiger partial charge in [0.15, 0.2) is 6.61 Å². The van der Waals surface area contributed by atoms with Gasteiger partial charge in [0.2, 0.25) is 0 Å². The summed E-state index contributed by atoms with van der Waals surface area (Å²) in [5, 5.41) is 2.83. The van der Waals surface area contributed by atoms with Gasteiger partial charge in [-0.25, -0.2) is 0 Å². The molecule has 0 radical (unpaired) electrons. The van der Waals surface area contributed by atoms with Gasteiger partial charge < -0.3 is 15.0 Å². The Morgan fingerprint density at radius 3 is 2.41 bits per heavy atom. The van der Waals surface area contributed by atoms with Crippen LogP contribution in [0.4, 0.5) is 5.69 Å². The molecule has 1 aliphatic heterocycles. The van der Waals surface area contributed by atoms with E-state index < -0.39 is 0 Å². The highest BCUT2D eigenvalue weighted by Crippen LogP contribution is 2.28. The molecule has 0 aromatic heterocycles. The molecule has 1 N–H and O–H groups in total. The number of carbonyl (C=O) groups is 2. The van der Waals surface area contributed by atoms with Crippen molar-refractivity contribution in [1.29, 1.82) is 0 Å². The first-order valence-electron chi connectivity index (χ1n) is 10.5. The van der Waals surface area contributed by atoms with Crippen LogP contribution >= 0.6 is 0 Å². The van der Waals surface area contributed by atoms with Crippen LogP contribution in [-0.2, 0) is 4.79 Å². The molecule has 0 saturated carbocycles. The zero-order valence-corrected chi connectivity index (χ0v) is 17.3. The van der Waals surface area contributed by atoms with Gasteiger partial charge in [-0.2, -0.15) is 0 Å². The summed E-state index contributed by atoms with van der Waals surface area (Å²) in [6, 6.07) is 14.9. The molecule has 1 saturated heterocycles. The molecular weight excluding hydrogens is 364 g/mol. The molecule has 0 spiro atoms. The van der Waals surface area contributed by atoms with Gasteiger partial charge in [-0.15, -0.1) is 0 Å². The van der Waals surface area contributed by atoms with Crippen molar-refractivity contribution in [3.8, 4) is 5.75 Å². The number of ether oxygens (including phenoxy) is 1. The second kappa shape index (κ2) is 10.1. The zero-order chi connectivity index (χ0) is 20.6. The van der Waals surface area contributed by atoms with E-state index in [1.54, 1.807) is 24.3 Å². The SMILES string of the molecule is CCC(C)c1ccccc1OCC(=O)Nc1ccc(C(=O)N2CCCCC2)cc1. The summed E-state index contributed by atoms with van der Waals surface area (Å²) < 4.78 is 5.76. The highest BCUT2D eigenvalue weighted by atomic mass is 16.5. The molecule has 1 fully saturated rings. The number of anilines is 1. The molecule has 0 aliphatic carbocycles. The Morgan fingerprint density at radius 2 is 1.72 bits per heavy atom. The number of nitrogens with zero attached hydrogens (tertiary/aromatic N) is 1. The van der Waals surface area contributed by atoms with Crippen LogP contribution in [0.2, 0.25) is 0 Å². The summed E-state index contributed by atoms with van der Waals surface area (Å²) in [6.45, 7) is 5.88. The lowest BCUT2D eigenvalue weighted by Gasteiger charge is -2.26. The number of benzene rings is 2. The summed E-state index contributed by atoms with van der Waals surface area (Å²) in [5.74, 6) is 0.963. The Labute approximate surface area is 173 Å². The average molecular weight is 395 g/mol. The van der Waals surface area contributed by atoms with Gasteiger partial charge in [-0.3, -0.25) is 9.59 Å². The van der Waals surface area contributed by atoms with Crippen LogP contribution in [0, 0.1) is 0 Å². The lowest BCUT2D eigenvalue weighted by Crippen LogP contribution is -2.35. The van der Waals surface area contributed by atoms with Crippen molar-refractivity contribution < 1.29 is 14.3 Å². The summed E-state index contributed by atoms with van der Waals surface area (Å²) in [7, 11) is 0. The Bertz CT molecular complexity index is 826. The van der Waals surface area contributed by atoms with Crippen molar-refractivity contribution in [3.63, 3.8) is 0 Å². The highest BCUT2D eigenvalue weighted by molar-refractivity contribution is 5.96. The first-order valence-corrected chi connectivity index (χ1v) is 10.5. The predicted octanol–water partition coefficient (Wildman–Crippen LogP) is 4.84. The number of hydrogen-bond donors (Lipinski definition) is 1. The van der Waals surface area contributed by atoms with Gasteiger partial charge in [-0.1, -0.05) is 32.0 Å². The quantitative estimate of drug-likeness (QED) is 0.731. The van der Waals surface area contributed by atoms with E-state index in [0.29, 0.717) is 17.2 Å². The second-order valence-electron chi connectivity index (χ2n) is 7.61. The Kier molecular flexibility index (Phi) is 7.28. The van der Waals surface area contributed by atoms with Crippen molar-refractivity contribution in [1.82, 2.24) is 4.90 Å². The summed E-state index contributed by atoms with van der Waals surface area (Å²) in [4.78, 5) is 26.7. The Hall–Kier alpha value is -2.82. The van der Waals surface area contributed by atoms with Crippen molar-refractivity contribution >= 4 is 17.5 Å². The lowest BCUT2D eigenvalue weighted by molar-refractivity contribution is -0.118. The van der Waals surface area contributed by atoms with Crippen LogP contribution in [0.25, 0.3) is 0 Å². The minimum absolute atomic E-state index is 0.0537. The van der Waals surface area contributed by atoms with Gasteiger partial charge >= 0.3 is 0 Å². The minimum Gasteiger partial charge on any atom is -0.483 e. The average Bonchev–Trinajstić information content (AvgIpc) is 2.78. The van der Waals surface area contributed by atoms with Crippen molar-refractivity contribution in [2.24, 2.45) is 0 Å². The number of nitrogens with one attached hydrogen (secondary N) is 1. The normalized spacial score (nSPS) is 14.9. The molecule has 2 amide bonds. The maximum absolute atomic E-state index is 12.5. The first-order chi connectivity index (χ1) is 14.1. The maximum Gasteiger partial charge on any atom is 0.262 e. The smallest absolute Gasteiger partial charge is 0.262 e. The van der Waals surface area contributed by atoms with Gasteiger partial charge in [0.1, 0.15) is 5.75 Å². The molecule has 5 heteroatoms. The monoisotopic (exact) mass is 394 g/mol. The maximum atomic E-state index is 12.5. The number of rotatable bonds is 7. The zero-order valence-electron chi connectivity index (χ0n) is 17.3. The number of likely N-dealkylation sites (tertiary alicyclic amines) is 1. The van der Waals surface area contributed by atoms with Crippen LogP contribution in [0.1, 0.15) is 61.4 Å². The number of amides is 2. The third-order valence-electron chi connectivity index (χ3n) is 5.48. The van der Waals surface area contributed by atoms with E-state index in [0.717, 1.165) is 43.7 Å². The molecule has 1 heterocycles. The third-order valence-corrected chi connectivity index (χ3v) is 5.48. The van der Waals surface area contributed by atoms with Crippen LogP contribution < -0.4 is 10.1 Å². The Morgan fingerprint density at radius 1 is 1.03 bits per heavy atom. The lowest BCUT2D eigenvalue weighted by atomic mass is 9.98. The molecule has 1 aliphatic rings. The third kappa shape index (κ3) is 5.59. The molecule has 2 aromatic carbocycles. The molecule has 0 bridgehead atoms. The fourth-order valence-corrected chi connectivity index (χ4v) is 3.56. The van der Waals surface area contributed by atoms with Gasteiger partial charge in [0, 0.05) is 24.3 Å². The fourth-order valence-electron chi connectivity index (χ4n) is 3.56. The largest absolute Gasteiger partial charge is 0.483 e. The van der Waals surface area contributed by atoms with E-state index in [4.69, 9.17) is 4.74 Å². The van der Waals surface area contributed by atoms with Crippen molar-refractivity contribution in [2.45, 2.75) is 45.4 Å². The highest BCUT2D eigenvalue weighted by Gasteiger charge is 2.18. The summed E-state index contributed by atoms with van der Waals surface area (Å²) >= 11 is 0. The van der Waals surface area contributed by atoms with Crippen LogP contribution in [0.3, 0.4) is 0 Å². The molecule has 29 heavy (non-hydrogen) atoms. The Balaban J connectivity index is 1.54. The van der Waals surface area contributed by atoms with E-state index in [2.05, 4.69) is 19.2 Å². The van der Waals surface area contributed by atoms with Crippen LogP contribution in [0.5, 0.6) is 5.75 Å². The molecule has 3 rings (SSSR count). The van der Waals surface area contributed by atoms with E-state index in [-0.39, 0.29) is 18.4 Å². The summed E-state index contributed by atoms with van der Waals surface area (Å²) in [5.41, 5.74) is 2.43. The molecule has 5 nitrogen and oxygen atoms in total. The summed E-state index contributed by atoms with van der Waals surface area (Å²) in [6.07, 6.45) is 4.34. The van der Waals surface area contributed by atoms with Gasteiger partial charge in [0.05, 0.1) is 0 Å². The van der Waals surface area contributed by atoms with Crippen LogP contribution in [0.15, 0.2) is 48.5 Å².